The van der Waals surface area contributed by atoms with E-state index in [0.717, 1.165) is 18.3 Å². The van der Waals surface area contributed by atoms with Gasteiger partial charge in [0.15, 0.2) is 17.7 Å². The Labute approximate surface area is 293 Å². The third kappa shape index (κ3) is 9.37. The molecule has 1 heterocycles. The standard InChI is InChI=1S/C31H31ClI2N4O7/c1-4-43-25-12-19(28-27(30(40)42-3)17(2)36-31(41)37-28)8-9-24(25)44-16-26(39)38-35-14-20-11-22(33)13-23(34)29(20)45-15-18-6-5-7-21(32)10-18/h5-14,26,28,38-39H,4,15-16H2,1-3H3,(H2,36,37,41)/b35-14+/t26-,28-/m1/s1. The topological polar surface area (TPSA) is 140 Å². The minimum atomic E-state index is -1.16. The summed E-state index contributed by atoms with van der Waals surface area (Å²) in [7, 11) is 1.28. The Morgan fingerprint density at radius 1 is 1.13 bits per heavy atom. The van der Waals surface area contributed by atoms with Crippen molar-refractivity contribution in [2.75, 3.05) is 20.3 Å². The molecule has 45 heavy (non-hydrogen) atoms. The van der Waals surface area contributed by atoms with Gasteiger partial charge in [-0.3, -0.25) is 5.43 Å². The Hall–Kier alpha value is -3.28. The Balaban J connectivity index is 1.43. The van der Waals surface area contributed by atoms with E-state index in [9.17, 15) is 14.7 Å². The highest BCUT2D eigenvalue weighted by atomic mass is 127. The first-order valence-electron chi connectivity index (χ1n) is 13.7. The molecule has 0 spiro atoms. The normalized spacial score (nSPS) is 15.3. The molecule has 14 heteroatoms. The molecule has 2 atom stereocenters. The molecule has 0 saturated carbocycles. The van der Waals surface area contributed by atoms with Crippen molar-refractivity contribution in [3.05, 3.63) is 94.7 Å². The van der Waals surface area contributed by atoms with Gasteiger partial charge in [0, 0.05) is 19.9 Å². The number of urea groups is 1. The number of aliphatic hydroxyl groups excluding tert-OH is 1. The first-order chi connectivity index (χ1) is 21.6. The lowest BCUT2D eigenvalue weighted by atomic mass is 9.95. The molecular weight excluding hydrogens is 830 g/mol. The number of methoxy groups -OCH3 is 1. The highest BCUT2D eigenvalue weighted by molar-refractivity contribution is 14.1. The van der Waals surface area contributed by atoms with Crippen LogP contribution in [0.15, 0.2) is 71.0 Å². The maximum absolute atomic E-state index is 12.5. The van der Waals surface area contributed by atoms with Crippen LogP contribution < -0.4 is 30.3 Å². The molecule has 0 bridgehead atoms. The molecule has 0 aliphatic carbocycles. The second-order valence-electron chi connectivity index (χ2n) is 9.64. The van der Waals surface area contributed by atoms with Crippen LogP contribution in [0.5, 0.6) is 17.2 Å². The Morgan fingerprint density at radius 3 is 2.67 bits per heavy atom. The molecule has 4 rings (SSSR count). The molecule has 0 fully saturated rings. The lowest BCUT2D eigenvalue weighted by molar-refractivity contribution is -0.136. The van der Waals surface area contributed by atoms with Gasteiger partial charge in [0.1, 0.15) is 19.0 Å². The van der Waals surface area contributed by atoms with Crippen molar-refractivity contribution >= 4 is 75.0 Å². The van der Waals surface area contributed by atoms with Crippen molar-refractivity contribution in [3.8, 4) is 17.2 Å². The van der Waals surface area contributed by atoms with Crippen LogP contribution in [0.1, 0.15) is 36.6 Å². The Bertz CT molecular complexity index is 1620. The van der Waals surface area contributed by atoms with Crippen LogP contribution in [-0.4, -0.2) is 49.9 Å². The van der Waals surface area contributed by atoms with Gasteiger partial charge in [-0.15, -0.1) is 0 Å². The minimum Gasteiger partial charge on any atom is -0.490 e. The number of nitrogens with one attached hydrogen (secondary N) is 3. The van der Waals surface area contributed by atoms with Gasteiger partial charge in [-0.2, -0.15) is 5.10 Å². The van der Waals surface area contributed by atoms with Gasteiger partial charge < -0.3 is 34.7 Å². The molecule has 2 amide bonds. The number of carbonyl (C=O) groups excluding carboxylic acids is 2. The molecular formula is C31H31ClI2N4O7. The Morgan fingerprint density at radius 2 is 1.93 bits per heavy atom. The van der Waals surface area contributed by atoms with Gasteiger partial charge in [-0.25, -0.2) is 9.59 Å². The number of halogens is 3. The molecule has 1 aliphatic heterocycles. The van der Waals surface area contributed by atoms with E-state index < -0.39 is 24.3 Å². The quantitative estimate of drug-likeness (QED) is 0.0570. The van der Waals surface area contributed by atoms with Crippen molar-refractivity contribution in [2.45, 2.75) is 32.7 Å². The summed E-state index contributed by atoms with van der Waals surface area (Å²) >= 11 is 10.5. The van der Waals surface area contributed by atoms with Crippen molar-refractivity contribution in [1.29, 1.82) is 0 Å². The van der Waals surface area contributed by atoms with Crippen LogP contribution in [0.25, 0.3) is 0 Å². The number of carbonyl (C=O) groups is 2. The summed E-state index contributed by atoms with van der Waals surface area (Å²) < 4.78 is 24.6. The third-order valence-electron chi connectivity index (χ3n) is 6.41. The van der Waals surface area contributed by atoms with Crippen molar-refractivity contribution < 1.29 is 33.6 Å². The lowest BCUT2D eigenvalue weighted by Gasteiger charge is -2.28. The second kappa shape index (κ2) is 16.3. The molecule has 4 N–H and O–H groups in total. The molecule has 3 aromatic rings. The Kier molecular flexibility index (Phi) is 12.6. The van der Waals surface area contributed by atoms with Gasteiger partial charge >= 0.3 is 12.0 Å². The minimum absolute atomic E-state index is 0.157. The van der Waals surface area contributed by atoms with E-state index in [1.54, 1.807) is 31.3 Å². The molecule has 0 saturated heterocycles. The second-order valence-corrected chi connectivity index (χ2v) is 12.5. The van der Waals surface area contributed by atoms with Gasteiger partial charge in [0.05, 0.1) is 35.1 Å². The predicted molar refractivity (Wildman–Crippen MR) is 187 cm³/mol. The maximum atomic E-state index is 12.5. The zero-order valence-corrected chi connectivity index (χ0v) is 29.6. The van der Waals surface area contributed by atoms with Crippen molar-refractivity contribution in [2.24, 2.45) is 5.10 Å². The number of benzene rings is 3. The highest BCUT2D eigenvalue weighted by Crippen LogP contribution is 2.35. The van der Waals surface area contributed by atoms with E-state index in [-0.39, 0.29) is 12.2 Å². The van der Waals surface area contributed by atoms with Gasteiger partial charge in [0.2, 0.25) is 0 Å². The van der Waals surface area contributed by atoms with Crippen LogP contribution >= 0.6 is 56.8 Å². The fourth-order valence-electron chi connectivity index (χ4n) is 4.43. The number of aliphatic hydroxyl groups is 1. The van der Waals surface area contributed by atoms with E-state index in [0.29, 0.717) is 46.7 Å². The van der Waals surface area contributed by atoms with E-state index in [4.69, 9.17) is 30.5 Å². The van der Waals surface area contributed by atoms with Gasteiger partial charge in [-0.05, 0) is 107 Å². The number of hydrogen-bond donors (Lipinski definition) is 4. The molecule has 238 valence electrons. The molecule has 1 aliphatic rings. The van der Waals surface area contributed by atoms with E-state index in [1.807, 2.05) is 43.3 Å². The van der Waals surface area contributed by atoms with Crippen molar-refractivity contribution in [1.82, 2.24) is 16.1 Å². The SMILES string of the molecule is CCOc1cc([C@H]2NC(=O)NC(C)=C2C(=O)OC)ccc1OC[C@@H](O)N/N=C/c1cc(I)cc(I)c1OCc1cccc(Cl)c1. The van der Waals surface area contributed by atoms with Crippen molar-refractivity contribution in [3.63, 3.8) is 0 Å². The average molecular weight is 861 g/mol. The number of esters is 1. The summed E-state index contributed by atoms with van der Waals surface area (Å²) in [6.45, 7) is 3.95. The zero-order valence-electron chi connectivity index (χ0n) is 24.5. The van der Waals surface area contributed by atoms with Crippen LogP contribution in [0.4, 0.5) is 4.79 Å². The van der Waals surface area contributed by atoms with E-state index in [2.05, 4.69) is 66.3 Å². The number of hydrogen-bond acceptors (Lipinski definition) is 9. The maximum Gasteiger partial charge on any atom is 0.337 e. The highest BCUT2D eigenvalue weighted by Gasteiger charge is 2.32. The smallest absolute Gasteiger partial charge is 0.337 e. The zero-order chi connectivity index (χ0) is 32.5. The van der Waals surface area contributed by atoms with Crippen LogP contribution in [0.3, 0.4) is 0 Å². The summed E-state index contributed by atoms with van der Waals surface area (Å²) in [5.74, 6) is 0.807. The monoisotopic (exact) mass is 860 g/mol. The predicted octanol–water partition coefficient (Wildman–Crippen LogP) is 5.65. The fraction of sp³-hybridized carbons (Fsp3) is 0.258. The van der Waals surface area contributed by atoms with Crippen LogP contribution in [0, 0.1) is 7.14 Å². The first-order valence-corrected chi connectivity index (χ1v) is 16.2. The lowest BCUT2D eigenvalue weighted by Crippen LogP contribution is -2.45. The summed E-state index contributed by atoms with van der Waals surface area (Å²) in [6, 6.07) is 15.2. The number of rotatable bonds is 13. The summed E-state index contributed by atoms with van der Waals surface area (Å²) in [5.41, 5.74) is 5.57. The van der Waals surface area contributed by atoms with Gasteiger partial charge in [0.25, 0.3) is 0 Å². The number of amides is 2. The van der Waals surface area contributed by atoms with Crippen LogP contribution in [0.2, 0.25) is 5.02 Å². The largest absolute Gasteiger partial charge is 0.490 e. The van der Waals surface area contributed by atoms with E-state index in [1.165, 1.54) is 7.11 Å². The molecule has 0 aromatic heterocycles. The number of nitrogens with zero attached hydrogens (tertiary/aromatic N) is 1. The number of ether oxygens (including phenoxy) is 4. The fourth-order valence-corrected chi connectivity index (χ4v) is 6.68. The van der Waals surface area contributed by atoms with E-state index >= 15 is 0 Å². The summed E-state index contributed by atoms with van der Waals surface area (Å²) in [5, 5.41) is 20.7. The molecule has 3 aromatic carbocycles. The van der Waals surface area contributed by atoms with Gasteiger partial charge in [-0.1, -0.05) is 29.8 Å². The van der Waals surface area contributed by atoms with Crippen LogP contribution in [-0.2, 0) is 16.1 Å². The number of hydrazone groups is 1. The molecule has 11 nitrogen and oxygen atoms in total. The summed E-state index contributed by atoms with van der Waals surface area (Å²) in [4.78, 5) is 24.6. The molecule has 0 unspecified atom stereocenters. The first kappa shape index (κ1) is 34.6. The average Bonchev–Trinajstić information content (AvgIpc) is 2.99. The number of allylic oxidation sites excluding steroid dienone is 1. The summed E-state index contributed by atoms with van der Waals surface area (Å²) in [6.07, 6.45) is 0.413. The molecule has 0 radical (unpaired) electrons. The third-order valence-corrected chi connectivity index (χ3v) is 8.07.